The molecule has 0 aliphatic heterocycles. The Kier molecular flexibility index (Phi) is 2.57. The van der Waals surface area contributed by atoms with Crippen molar-refractivity contribution in [2.45, 2.75) is 0 Å². The van der Waals surface area contributed by atoms with Gasteiger partial charge in [0.05, 0.1) is 4.92 Å². The first-order valence-electron chi connectivity index (χ1n) is 3.40. The third-order valence-electron chi connectivity index (χ3n) is 1.56. The lowest BCUT2D eigenvalue weighted by atomic mass is 10.1. The number of nitrogens with two attached hydrogens (primary N) is 1. The molecule has 6 nitrogen and oxygen atoms in total. The fourth-order valence-electron chi connectivity index (χ4n) is 0.938. The zero-order chi connectivity index (χ0) is 10.9. The predicted octanol–water partition coefficient (Wildman–Crippen LogP) is 1.53. The first kappa shape index (κ1) is 10.3. The lowest BCUT2D eigenvalue weighted by Gasteiger charge is -2.02. The minimum Gasteiger partial charge on any atom is -0.478 e. The number of nitro groups is 1. The van der Waals surface area contributed by atoms with Gasteiger partial charge in [-0.2, -0.15) is 0 Å². The summed E-state index contributed by atoms with van der Waals surface area (Å²) in [5.74, 6) is -1.39. The van der Waals surface area contributed by atoms with Gasteiger partial charge in [-0.25, -0.2) is 4.79 Å². The van der Waals surface area contributed by atoms with Crippen molar-refractivity contribution in [1.29, 1.82) is 0 Å². The van der Waals surface area contributed by atoms with Crippen LogP contribution in [0.5, 0.6) is 0 Å². The molecule has 0 radical (unpaired) electrons. The van der Waals surface area contributed by atoms with Crippen LogP contribution >= 0.6 is 11.6 Å². The fourth-order valence-corrected chi connectivity index (χ4v) is 1.26. The molecule has 1 aromatic carbocycles. The highest BCUT2D eigenvalue weighted by atomic mass is 35.5. The Morgan fingerprint density at radius 3 is 2.57 bits per heavy atom. The van der Waals surface area contributed by atoms with Crippen LogP contribution in [0, 0.1) is 10.1 Å². The Balaban J connectivity index is 3.49. The Labute approximate surface area is 83.0 Å². The topological polar surface area (TPSA) is 106 Å². The normalized spacial score (nSPS) is 9.79. The van der Waals surface area contributed by atoms with Gasteiger partial charge in [0.15, 0.2) is 0 Å². The molecule has 0 saturated heterocycles. The van der Waals surface area contributed by atoms with Gasteiger partial charge in [-0.3, -0.25) is 10.1 Å². The van der Waals surface area contributed by atoms with E-state index in [9.17, 15) is 14.9 Å². The van der Waals surface area contributed by atoms with E-state index in [2.05, 4.69) is 0 Å². The van der Waals surface area contributed by atoms with Crippen molar-refractivity contribution < 1.29 is 14.8 Å². The summed E-state index contributed by atoms with van der Waals surface area (Å²) < 4.78 is 0. The van der Waals surface area contributed by atoms with Gasteiger partial charge in [0.25, 0.3) is 5.69 Å². The van der Waals surface area contributed by atoms with Crippen LogP contribution in [0.4, 0.5) is 11.4 Å². The molecule has 0 atom stereocenters. The van der Waals surface area contributed by atoms with E-state index in [1.54, 1.807) is 0 Å². The second kappa shape index (κ2) is 3.51. The van der Waals surface area contributed by atoms with Crippen LogP contribution in [0.15, 0.2) is 12.1 Å². The average molecular weight is 217 g/mol. The Bertz CT molecular complexity index is 418. The molecule has 0 saturated carbocycles. The number of halogens is 1. The minimum atomic E-state index is -1.39. The summed E-state index contributed by atoms with van der Waals surface area (Å²) >= 11 is 5.50. The summed E-state index contributed by atoms with van der Waals surface area (Å²) in [5.41, 5.74) is 4.28. The lowest BCUT2D eigenvalue weighted by molar-refractivity contribution is -0.384. The number of hydrogen-bond donors (Lipinski definition) is 2. The van der Waals surface area contributed by atoms with Crippen molar-refractivity contribution in [1.82, 2.24) is 0 Å². The van der Waals surface area contributed by atoms with E-state index in [1.807, 2.05) is 0 Å². The highest BCUT2D eigenvalue weighted by Gasteiger charge is 2.22. The number of carboxylic acids is 1. The first-order chi connectivity index (χ1) is 6.45. The van der Waals surface area contributed by atoms with E-state index in [4.69, 9.17) is 22.4 Å². The maximum absolute atomic E-state index is 10.6. The summed E-state index contributed by atoms with van der Waals surface area (Å²) in [7, 11) is 0. The van der Waals surface area contributed by atoms with E-state index < -0.39 is 27.2 Å². The molecule has 0 unspecified atom stereocenters. The third kappa shape index (κ3) is 1.60. The van der Waals surface area contributed by atoms with Crippen LogP contribution < -0.4 is 5.73 Å². The SMILES string of the molecule is Nc1ccc([N+](=O)[O-])c(Cl)c1C(=O)O. The second-order valence-corrected chi connectivity index (χ2v) is 2.80. The highest BCUT2D eigenvalue weighted by molar-refractivity contribution is 6.36. The molecule has 3 N–H and O–H groups in total. The molecule has 74 valence electrons. The molecule has 14 heavy (non-hydrogen) atoms. The molecule has 0 fully saturated rings. The number of nitrogen functional groups attached to an aromatic ring is 1. The van der Waals surface area contributed by atoms with Crippen LogP contribution in [0.3, 0.4) is 0 Å². The maximum Gasteiger partial charge on any atom is 0.339 e. The van der Waals surface area contributed by atoms with Gasteiger partial charge in [0.2, 0.25) is 0 Å². The largest absolute Gasteiger partial charge is 0.478 e. The number of aromatic carboxylic acids is 1. The average Bonchev–Trinajstić information content (AvgIpc) is 2.02. The van der Waals surface area contributed by atoms with Crippen molar-refractivity contribution in [2.75, 3.05) is 5.73 Å². The highest BCUT2D eigenvalue weighted by Crippen LogP contribution is 2.31. The molecule has 7 heteroatoms. The molecule has 0 heterocycles. The van der Waals surface area contributed by atoms with Gasteiger partial charge >= 0.3 is 5.97 Å². The van der Waals surface area contributed by atoms with Crippen molar-refractivity contribution in [3.05, 3.63) is 32.8 Å². The molecule has 0 amide bonds. The molecule has 0 aliphatic carbocycles. The maximum atomic E-state index is 10.6. The monoisotopic (exact) mass is 216 g/mol. The zero-order valence-electron chi connectivity index (χ0n) is 6.73. The van der Waals surface area contributed by atoms with Gasteiger partial charge in [0, 0.05) is 11.8 Å². The standard InChI is InChI=1S/C7H5ClN2O4/c8-6-4(10(13)14)2-1-3(9)5(6)7(11)12/h1-2H,9H2,(H,11,12). The van der Waals surface area contributed by atoms with E-state index in [0.717, 1.165) is 12.1 Å². The van der Waals surface area contributed by atoms with E-state index in [1.165, 1.54) is 0 Å². The Hall–Kier alpha value is -1.82. The number of nitrogens with zero attached hydrogens (tertiary/aromatic N) is 1. The number of rotatable bonds is 2. The second-order valence-electron chi connectivity index (χ2n) is 2.43. The summed E-state index contributed by atoms with van der Waals surface area (Å²) in [5, 5.41) is 18.6. The Morgan fingerprint density at radius 2 is 2.14 bits per heavy atom. The van der Waals surface area contributed by atoms with Gasteiger partial charge in [-0.05, 0) is 6.07 Å². The first-order valence-corrected chi connectivity index (χ1v) is 3.78. The molecular weight excluding hydrogens is 212 g/mol. The molecular formula is C7H5ClN2O4. The number of benzene rings is 1. The predicted molar refractivity (Wildman–Crippen MR) is 49.5 cm³/mol. The quantitative estimate of drug-likeness (QED) is 0.443. The molecule has 1 aromatic rings. The van der Waals surface area contributed by atoms with Gasteiger partial charge < -0.3 is 10.8 Å². The molecule has 0 bridgehead atoms. The van der Waals surface area contributed by atoms with Crippen LogP contribution in [0.25, 0.3) is 0 Å². The summed E-state index contributed by atoms with van der Waals surface area (Å²) in [4.78, 5) is 20.3. The number of carbonyl (C=O) groups is 1. The number of hydrogen-bond acceptors (Lipinski definition) is 4. The van der Waals surface area contributed by atoms with E-state index >= 15 is 0 Å². The molecule has 1 rings (SSSR count). The lowest BCUT2D eigenvalue weighted by Crippen LogP contribution is -2.05. The van der Waals surface area contributed by atoms with Crippen LogP contribution in [-0.2, 0) is 0 Å². The zero-order valence-corrected chi connectivity index (χ0v) is 7.49. The summed E-state index contributed by atoms with van der Waals surface area (Å²) in [6.45, 7) is 0. The van der Waals surface area contributed by atoms with E-state index in [0.29, 0.717) is 0 Å². The summed E-state index contributed by atoms with van der Waals surface area (Å²) in [6, 6.07) is 2.19. The van der Waals surface area contributed by atoms with Crippen LogP contribution in [-0.4, -0.2) is 16.0 Å². The van der Waals surface area contributed by atoms with Crippen molar-refractivity contribution >= 4 is 28.9 Å². The third-order valence-corrected chi connectivity index (χ3v) is 1.95. The number of carboxylic acid groups (broad SMARTS) is 1. The number of anilines is 1. The van der Waals surface area contributed by atoms with Gasteiger partial charge in [0.1, 0.15) is 10.6 Å². The van der Waals surface area contributed by atoms with Gasteiger partial charge in [-0.1, -0.05) is 11.6 Å². The Morgan fingerprint density at radius 1 is 1.57 bits per heavy atom. The molecule has 0 aliphatic rings. The molecule has 0 aromatic heterocycles. The van der Waals surface area contributed by atoms with Crippen molar-refractivity contribution in [3.63, 3.8) is 0 Å². The smallest absolute Gasteiger partial charge is 0.339 e. The van der Waals surface area contributed by atoms with E-state index in [-0.39, 0.29) is 5.69 Å². The summed E-state index contributed by atoms with van der Waals surface area (Å²) in [6.07, 6.45) is 0. The number of nitro benzene ring substituents is 1. The van der Waals surface area contributed by atoms with Crippen LogP contribution in [0.1, 0.15) is 10.4 Å². The van der Waals surface area contributed by atoms with Crippen LogP contribution in [0.2, 0.25) is 5.02 Å². The van der Waals surface area contributed by atoms with Crippen molar-refractivity contribution in [3.8, 4) is 0 Å². The fraction of sp³-hybridized carbons (Fsp3) is 0. The van der Waals surface area contributed by atoms with Gasteiger partial charge in [-0.15, -0.1) is 0 Å². The van der Waals surface area contributed by atoms with Crippen molar-refractivity contribution in [2.24, 2.45) is 0 Å². The minimum absolute atomic E-state index is 0.104. The molecule has 0 spiro atoms.